The molecule has 1 aliphatic heterocycles. The predicted molar refractivity (Wildman–Crippen MR) is 85.0 cm³/mol. The average Bonchev–Trinajstić information content (AvgIpc) is 2.54. The summed E-state index contributed by atoms with van der Waals surface area (Å²) >= 11 is 0. The molecule has 6 heteroatoms. The molecule has 1 heterocycles. The molecule has 2 aromatic rings. The molecule has 2 aromatic carbocycles. The molecule has 122 valence electrons. The molecule has 0 saturated heterocycles. The minimum atomic E-state index is -3.76. The van der Waals surface area contributed by atoms with Crippen LogP contribution in [-0.4, -0.2) is 28.1 Å². The van der Waals surface area contributed by atoms with Crippen molar-refractivity contribution in [1.82, 2.24) is 5.32 Å². The second kappa shape index (κ2) is 6.29. The Hall–Kier alpha value is -1.92. The lowest BCUT2D eigenvalue weighted by molar-refractivity contribution is 0.173. The number of likely N-dealkylation sites (N-methyl/N-ethyl adjacent to an activating group) is 1. The van der Waals surface area contributed by atoms with Gasteiger partial charge in [0.1, 0.15) is 17.7 Å². The zero-order valence-electron chi connectivity index (χ0n) is 12.8. The van der Waals surface area contributed by atoms with Gasteiger partial charge in [-0.15, -0.1) is 0 Å². The number of ether oxygens (including phenoxy) is 1. The number of sulfone groups is 1. The maximum Gasteiger partial charge on any atom is 0.206 e. The summed E-state index contributed by atoms with van der Waals surface area (Å²) in [6, 6.07) is 9.90. The molecule has 0 fully saturated rings. The lowest BCUT2D eigenvalue weighted by atomic mass is 10.0. The Morgan fingerprint density at radius 1 is 1.22 bits per heavy atom. The molecule has 3 rings (SSSR count). The van der Waals surface area contributed by atoms with E-state index in [0.29, 0.717) is 12.3 Å². The predicted octanol–water partition coefficient (Wildman–Crippen LogP) is 2.57. The van der Waals surface area contributed by atoms with Crippen molar-refractivity contribution in [2.45, 2.75) is 28.7 Å². The van der Waals surface area contributed by atoms with Crippen LogP contribution in [0, 0.1) is 5.82 Å². The summed E-state index contributed by atoms with van der Waals surface area (Å²) in [6.45, 7) is 0.709. The van der Waals surface area contributed by atoms with Crippen LogP contribution in [0.1, 0.15) is 12.0 Å². The summed E-state index contributed by atoms with van der Waals surface area (Å²) in [4.78, 5) is 0.0620. The van der Waals surface area contributed by atoms with Crippen molar-refractivity contribution in [3.63, 3.8) is 0 Å². The molecular weight excluding hydrogens is 317 g/mol. The highest BCUT2D eigenvalue weighted by molar-refractivity contribution is 7.91. The Morgan fingerprint density at radius 3 is 2.74 bits per heavy atom. The summed E-state index contributed by atoms with van der Waals surface area (Å²) < 4.78 is 44.5. The molecule has 1 N–H and O–H groups in total. The molecule has 1 aliphatic rings. The summed E-state index contributed by atoms with van der Waals surface area (Å²) in [5, 5.41) is 3.06. The van der Waals surface area contributed by atoms with Gasteiger partial charge in [-0.05, 0) is 55.8 Å². The van der Waals surface area contributed by atoms with Gasteiger partial charge in [-0.3, -0.25) is 0 Å². The van der Waals surface area contributed by atoms with E-state index in [9.17, 15) is 12.8 Å². The molecule has 0 spiro atoms. The first-order chi connectivity index (χ1) is 11.0. The topological polar surface area (TPSA) is 55.4 Å². The molecule has 4 nitrogen and oxygen atoms in total. The third kappa shape index (κ3) is 3.23. The van der Waals surface area contributed by atoms with E-state index in [1.54, 1.807) is 12.1 Å². The van der Waals surface area contributed by atoms with E-state index >= 15 is 0 Å². The molecule has 0 bridgehead atoms. The Labute approximate surface area is 135 Å². The number of rotatable bonds is 4. The van der Waals surface area contributed by atoms with Gasteiger partial charge in [0, 0.05) is 6.54 Å². The Balaban J connectivity index is 1.97. The van der Waals surface area contributed by atoms with Crippen molar-refractivity contribution in [2.24, 2.45) is 0 Å². The molecule has 0 aromatic heterocycles. The standard InChI is InChI=1S/C17H18FNO3S/c1-19-11-14-7-5-12-6-8-16(10-17(12)22-14)23(20,21)15-4-2-3-13(18)9-15/h2-4,6,8-10,14,19H,5,7,11H2,1H3. The first kappa shape index (κ1) is 16.0. The molecule has 23 heavy (non-hydrogen) atoms. The molecule has 1 unspecified atom stereocenters. The number of fused-ring (bicyclic) bond motifs is 1. The Bertz CT molecular complexity index is 820. The van der Waals surface area contributed by atoms with Crippen molar-refractivity contribution >= 4 is 9.84 Å². The SMILES string of the molecule is CNCC1CCc2ccc(S(=O)(=O)c3cccc(F)c3)cc2O1. The fraction of sp³-hybridized carbons (Fsp3) is 0.294. The van der Waals surface area contributed by atoms with Crippen molar-refractivity contribution in [3.8, 4) is 5.75 Å². The second-order valence-electron chi connectivity index (χ2n) is 5.57. The van der Waals surface area contributed by atoms with E-state index in [2.05, 4.69) is 5.32 Å². The van der Waals surface area contributed by atoms with Crippen molar-refractivity contribution < 1.29 is 17.5 Å². The van der Waals surface area contributed by atoms with Crippen molar-refractivity contribution in [1.29, 1.82) is 0 Å². The first-order valence-electron chi connectivity index (χ1n) is 7.45. The van der Waals surface area contributed by atoms with Gasteiger partial charge in [0.2, 0.25) is 9.84 Å². The van der Waals surface area contributed by atoms with E-state index < -0.39 is 15.7 Å². The van der Waals surface area contributed by atoms with E-state index in [1.807, 2.05) is 7.05 Å². The molecule has 0 radical (unpaired) electrons. The van der Waals surface area contributed by atoms with E-state index in [0.717, 1.165) is 24.5 Å². The largest absolute Gasteiger partial charge is 0.489 e. The van der Waals surface area contributed by atoms with Gasteiger partial charge in [-0.25, -0.2) is 12.8 Å². The lowest BCUT2D eigenvalue weighted by Gasteiger charge is -2.26. The molecule has 0 amide bonds. The summed E-state index contributed by atoms with van der Waals surface area (Å²) in [5.41, 5.74) is 0.996. The lowest BCUT2D eigenvalue weighted by Crippen LogP contribution is -2.32. The number of hydrogen-bond acceptors (Lipinski definition) is 4. The van der Waals surface area contributed by atoms with Gasteiger partial charge in [0.15, 0.2) is 0 Å². The number of benzene rings is 2. The van der Waals surface area contributed by atoms with Gasteiger partial charge in [0.05, 0.1) is 9.79 Å². The minimum Gasteiger partial charge on any atom is -0.489 e. The maximum absolute atomic E-state index is 13.3. The molecule has 0 aliphatic carbocycles. The fourth-order valence-corrected chi connectivity index (χ4v) is 4.02. The van der Waals surface area contributed by atoms with Crippen LogP contribution in [0.4, 0.5) is 4.39 Å². The third-order valence-electron chi connectivity index (χ3n) is 3.92. The minimum absolute atomic E-state index is 0.0274. The molecular formula is C17H18FNO3S. The molecule has 0 saturated carbocycles. The number of nitrogens with one attached hydrogen (secondary N) is 1. The van der Waals surface area contributed by atoms with Crippen molar-refractivity contribution in [3.05, 3.63) is 53.8 Å². The van der Waals surface area contributed by atoms with Gasteiger partial charge in [-0.2, -0.15) is 0 Å². The van der Waals surface area contributed by atoms with E-state index in [-0.39, 0.29) is 15.9 Å². The van der Waals surface area contributed by atoms with Crippen LogP contribution in [0.25, 0.3) is 0 Å². The van der Waals surface area contributed by atoms with Gasteiger partial charge >= 0.3 is 0 Å². The van der Waals surface area contributed by atoms with Gasteiger partial charge in [-0.1, -0.05) is 12.1 Å². The first-order valence-corrected chi connectivity index (χ1v) is 8.94. The van der Waals surface area contributed by atoms with Crippen molar-refractivity contribution in [2.75, 3.05) is 13.6 Å². The summed E-state index contributed by atoms with van der Waals surface area (Å²) in [7, 11) is -1.91. The normalized spacial score (nSPS) is 17.4. The second-order valence-corrected chi connectivity index (χ2v) is 7.52. The molecule has 1 atom stereocenters. The average molecular weight is 335 g/mol. The summed E-state index contributed by atoms with van der Waals surface area (Å²) in [5.74, 6) is 0.0170. The van der Waals surface area contributed by atoms with Crippen LogP contribution in [-0.2, 0) is 16.3 Å². The highest BCUT2D eigenvalue weighted by atomic mass is 32.2. The van der Waals surface area contributed by atoms with E-state index in [1.165, 1.54) is 24.3 Å². The van der Waals surface area contributed by atoms with Crippen LogP contribution in [0.3, 0.4) is 0 Å². The Kier molecular flexibility index (Phi) is 4.37. The number of hydrogen-bond donors (Lipinski definition) is 1. The summed E-state index contributed by atoms with van der Waals surface area (Å²) in [6.07, 6.45) is 1.77. The van der Waals surface area contributed by atoms with Gasteiger partial charge < -0.3 is 10.1 Å². The zero-order chi connectivity index (χ0) is 16.4. The Morgan fingerprint density at radius 2 is 2.00 bits per heavy atom. The number of aryl methyl sites for hydroxylation is 1. The maximum atomic E-state index is 13.3. The van der Waals surface area contributed by atoms with Gasteiger partial charge in [0.25, 0.3) is 0 Å². The fourth-order valence-electron chi connectivity index (χ4n) is 2.71. The van der Waals surface area contributed by atoms with Crippen LogP contribution in [0.5, 0.6) is 5.75 Å². The highest BCUT2D eigenvalue weighted by Gasteiger charge is 2.24. The zero-order valence-corrected chi connectivity index (χ0v) is 13.6. The van der Waals surface area contributed by atoms with Crippen LogP contribution in [0.2, 0.25) is 0 Å². The smallest absolute Gasteiger partial charge is 0.206 e. The highest BCUT2D eigenvalue weighted by Crippen LogP contribution is 2.32. The van der Waals surface area contributed by atoms with Crippen LogP contribution in [0.15, 0.2) is 52.3 Å². The van der Waals surface area contributed by atoms with Crippen LogP contribution >= 0.6 is 0 Å². The third-order valence-corrected chi connectivity index (χ3v) is 5.67. The van der Waals surface area contributed by atoms with Crippen LogP contribution < -0.4 is 10.1 Å². The quantitative estimate of drug-likeness (QED) is 0.933. The number of halogens is 1. The van der Waals surface area contributed by atoms with E-state index in [4.69, 9.17) is 4.74 Å². The monoisotopic (exact) mass is 335 g/mol.